The quantitative estimate of drug-likeness (QED) is 0.873. The number of hydrogen-bond donors (Lipinski definition) is 1. The van der Waals surface area contributed by atoms with E-state index in [1.807, 2.05) is 54.6 Å². The highest BCUT2D eigenvalue weighted by molar-refractivity contribution is 5.67. The van der Waals surface area contributed by atoms with Crippen LogP contribution in [0.4, 0.5) is 0 Å². The minimum atomic E-state index is -0.781. The molecule has 0 heterocycles. The first-order valence-corrected chi connectivity index (χ1v) is 6.26. The van der Waals surface area contributed by atoms with Crippen LogP contribution in [-0.2, 0) is 4.79 Å². The van der Waals surface area contributed by atoms with Gasteiger partial charge < -0.3 is 9.84 Å². The van der Waals surface area contributed by atoms with Gasteiger partial charge in [0.15, 0.2) is 0 Å². The summed E-state index contributed by atoms with van der Waals surface area (Å²) in [6.45, 7) is 0. The average Bonchev–Trinajstić information content (AvgIpc) is 2.63. The summed E-state index contributed by atoms with van der Waals surface area (Å²) in [6, 6.07) is 9.54. The monoisotopic (exact) mass is 256 g/mol. The molecule has 1 aromatic carbocycles. The smallest absolute Gasteiger partial charge is 0.303 e. The molecule has 0 amide bonds. The molecule has 0 saturated heterocycles. The lowest BCUT2D eigenvalue weighted by Crippen LogP contribution is -1.96. The highest BCUT2D eigenvalue weighted by Gasteiger charge is 2.05. The molecule has 0 aromatic heterocycles. The third kappa shape index (κ3) is 4.47. The van der Waals surface area contributed by atoms with E-state index < -0.39 is 5.97 Å². The predicted octanol–water partition coefficient (Wildman–Crippen LogP) is 3.70. The fourth-order valence-corrected chi connectivity index (χ4v) is 1.81. The van der Waals surface area contributed by atoms with E-state index in [2.05, 4.69) is 0 Å². The van der Waals surface area contributed by atoms with Gasteiger partial charge in [0.05, 0.1) is 0 Å². The Morgan fingerprint density at radius 2 is 2.05 bits per heavy atom. The minimum absolute atomic E-state index is 0.140. The number of benzene rings is 1. The number of ether oxygens (including phenoxy) is 1. The summed E-state index contributed by atoms with van der Waals surface area (Å²) in [7, 11) is 0. The van der Waals surface area contributed by atoms with E-state index in [9.17, 15) is 4.79 Å². The molecule has 1 aliphatic rings. The maximum atomic E-state index is 10.6. The molecule has 3 nitrogen and oxygen atoms in total. The van der Waals surface area contributed by atoms with Crippen LogP contribution < -0.4 is 4.74 Å². The first-order chi connectivity index (χ1) is 9.24. The van der Waals surface area contributed by atoms with Crippen LogP contribution in [0.3, 0.4) is 0 Å². The fraction of sp³-hybridized carbons (Fsp3) is 0.188. The molecule has 0 radical (unpaired) electrons. The van der Waals surface area contributed by atoms with Crippen molar-refractivity contribution in [3.63, 3.8) is 0 Å². The van der Waals surface area contributed by atoms with Crippen LogP contribution in [0.25, 0.3) is 0 Å². The second-order valence-electron chi connectivity index (χ2n) is 4.27. The fourth-order valence-electron chi connectivity index (χ4n) is 1.81. The highest BCUT2D eigenvalue weighted by atomic mass is 16.5. The molecule has 0 saturated carbocycles. The second kappa shape index (κ2) is 6.59. The summed E-state index contributed by atoms with van der Waals surface area (Å²) in [5.74, 6) is 0.732. The molecule has 19 heavy (non-hydrogen) atoms. The van der Waals surface area contributed by atoms with Crippen LogP contribution in [0.2, 0.25) is 0 Å². The third-order valence-corrected chi connectivity index (χ3v) is 2.73. The topological polar surface area (TPSA) is 46.5 Å². The number of aliphatic carboxylic acids is 1. The van der Waals surface area contributed by atoms with Crippen molar-refractivity contribution in [2.75, 3.05) is 0 Å². The number of para-hydroxylation sites is 1. The van der Waals surface area contributed by atoms with Gasteiger partial charge in [0, 0.05) is 6.42 Å². The first-order valence-electron chi connectivity index (χ1n) is 6.26. The number of hydrogen-bond acceptors (Lipinski definition) is 2. The molecule has 98 valence electrons. The molecule has 0 unspecified atom stereocenters. The molecule has 1 aromatic rings. The SMILES string of the molecule is O=C(O)CCC1=CCC=CC(Oc2ccccc2)=C1. The molecule has 1 N–H and O–H groups in total. The lowest BCUT2D eigenvalue weighted by Gasteiger charge is -2.06. The number of carboxylic acid groups (broad SMARTS) is 1. The maximum absolute atomic E-state index is 10.6. The minimum Gasteiger partial charge on any atom is -0.481 e. The Balaban J connectivity index is 2.06. The van der Waals surface area contributed by atoms with Crippen molar-refractivity contribution in [2.45, 2.75) is 19.3 Å². The van der Waals surface area contributed by atoms with Crippen LogP contribution in [0.15, 0.2) is 66.0 Å². The van der Waals surface area contributed by atoms with E-state index in [4.69, 9.17) is 9.84 Å². The van der Waals surface area contributed by atoms with E-state index in [0.717, 1.165) is 23.5 Å². The Morgan fingerprint density at radius 1 is 1.26 bits per heavy atom. The second-order valence-corrected chi connectivity index (χ2v) is 4.27. The molecule has 2 rings (SSSR count). The highest BCUT2D eigenvalue weighted by Crippen LogP contribution is 2.19. The van der Waals surface area contributed by atoms with Crippen LogP contribution in [-0.4, -0.2) is 11.1 Å². The summed E-state index contributed by atoms with van der Waals surface area (Å²) >= 11 is 0. The summed E-state index contributed by atoms with van der Waals surface area (Å²) < 4.78 is 5.76. The van der Waals surface area contributed by atoms with Gasteiger partial charge in [-0.1, -0.05) is 30.4 Å². The zero-order chi connectivity index (χ0) is 13.5. The summed E-state index contributed by atoms with van der Waals surface area (Å²) in [6.07, 6.45) is 9.31. The average molecular weight is 256 g/mol. The Bertz CT molecular complexity index is 524. The van der Waals surface area contributed by atoms with Gasteiger partial charge in [0.2, 0.25) is 0 Å². The van der Waals surface area contributed by atoms with E-state index in [1.165, 1.54) is 0 Å². The van der Waals surface area contributed by atoms with Gasteiger partial charge >= 0.3 is 5.97 Å². The van der Waals surface area contributed by atoms with Gasteiger partial charge in [0.25, 0.3) is 0 Å². The summed E-state index contributed by atoms with van der Waals surface area (Å²) in [5, 5.41) is 8.72. The molecule has 0 atom stereocenters. The summed E-state index contributed by atoms with van der Waals surface area (Å²) in [4.78, 5) is 10.6. The van der Waals surface area contributed by atoms with Crippen molar-refractivity contribution in [3.05, 3.63) is 66.0 Å². The number of carbonyl (C=O) groups is 1. The third-order valence-electron chi connectivity index (χ3n) is 2.73. The van der Waals surface area contributed by atoms with Gasteiger partial charge in [0.1, 0.15) is 11.5 Å². The zero-order valence-corrected chi connectivity index (χ0v) is 10.6. The predicted molar refractivity (Wildman–Crippen MR) is 73.9 cm³/mol. The first kappa shape index (κ1) is 13.1. The van der Waals surface area contributed by atoms with Crippen molar-refractivity contribution >= 4 is 5.97 Å². The van der Waals surface area contributed by atoms with Gasteiger partial charge in [-0.3, -0.25) is 4.79 Å². The lowest BCUT2D eigenvalue weighted by atomic mass is 10.1. The van der Waals surface area contributed by atoms with E-state index in [1.54, 1.807) is 0 Å². The van der Waals surface area contributed by atoms with Crippen molar-refractivity contribution in [3.8, 4) is 5.75 Å². The maximum Gasteiger partial charge on any atom is 0.303 e. The molecule has 0 bridgehead atoms. The Kier molecular flexibility index (Phi) is 4.56. The number of rotatable bonds is 5. The van der Waals surface area contributed by atoms with Crippen molar-refractivity contribution in [1.82, 2.24) is 0 Å². The molecule has 0 fully saturated rings. The molecule has 1 aliphatic carbocycles. The van der Waals surface area contributed by atoms with Crippen molar-refractivity contribution < 1.29 is 14.6 Å². The van der Waals surface area contributed by atoms with E-state index >= 15 is 0 Å². The Morgan fingerprint density at radius 3 is 2.79 bits per heavy atom. The Hall–Kier alpha value is -2.29. The molecular formula is C16H16O3. The lowest BCUT2D eigenvalue weighted by molar-refractivity contribution is -0.136. The van der Waals surface area contributed by atoms with Crippen molar-refractivity contribution in [2.24, 2.45) is 0 Å². The largest absolute Gasteiger partial charge is 0.481 e. The van der Waals surface area contributed by atoms with E-state index in [-0.39, 0.29) is 6.42 Å². The van der Waals surface area contributed by atoms with Crippen LogP contribution >= 0.6 is 0 Å². The zero-order valence-electron chi connectivity index (χ0n) is 10.6. The Labute approximate surface area is 112 Å². The van der Waals surface area contributed by atoms with Crippen LogP contribution in [0, 0.1) is 0 Å². The van der Waals surface area contributed by atoms with E-state index in [0.29, 0.717) is 6.42 Å². The standard InChI is InChI=1S/C16H16O3/c17-16(18)11-10-13-6-4-5-9-15(12-13)19-14-7-2-1-3-8-14/h1-3,5-9,12H,4,10-11H2,(H,17,18). The molecule has 0 spiro atoms. The van der Waals surface area contributed by atoms with Gasteiger partial charge in [-0.15, -0.1) is 0 Å². The summed E-state index contributed by atoms with van der Waals surface area (Å²) in [5.41, 5.74) is 0.998. The number of carboxylic acids is 1. The molecule has 3 heteroatoms. The van der Waals surface area contributed by atoms with Crippen LogP contribution in [0.1, 0.15) is 19.3 Å². The van der Waals surface area contributed by atoms with Crippen molar-refractivity contribution in [1.29, 1.82) is 0 Å². The number of allylic oxidation sites excluding steroid dienone is 5. The van der Waals surface area contributed by atoms with Crippen LogP contribution in [0.5, 0.6) is 5.75 Å². The van der Waals surface area contributed by atoms with Gasteiger partial charge in [-0.2, -0.15) is 0 Å². The molecule has 0 aliphatic heterocycles. The molecular weight excluding hydrogens is 240 g/mol. The van der Waals surface area contributed by atoms with Gasteiger partial charge in [-0.25, -0.2) is 0 Å². The van der Waals surface area contributed by atoms with Gasteiger partial charge in [-0.05, 0) is 42.7 Å². The normalized spacial score (nSPS) is 14.3.